The van der Waals surface area contributed by atoms with Crippen molar-refractivity contribution in [1.29, 1.82) is 0 Å². The van der Waals surface area contributed by atoms with Crippen LogP contribution < -0.4 is 5.32 Å². The van der Waals surface area contributed by atoms with E-state index < -0.39 is 11.7 Å². The van der Waals surface area contributed by atoms with E-state index in [1.165, 1.54) is 18.6 Å². The monoisotopic (exact) mass is 271 g/mol. The molecule has 4 heteroatoms. The maximum atomic E-state index is 12.7. The number of hydrogen-bond acceptors (Lipinski definition) is 1. The summed E-state index contributed by atoms with van der Waals surface area (Å²) in [5, 5.41) is 3.27. The third-order valence-corrected chi connectivity index (χ3v) is 4.00. The van der Waals surface area contributed by atoms with E-state index in [-0.39, 0.29) is 6.04 Å². The highest BCUT2D eigenvalue weighted by Crippen LogP contribution is 2.33. The first kappa shape index (κ1) is 14.2. The van der Waals surface area contributed by atoms with Crippen LogP contribution in [0, 0.1) is 11.8 Å². The van der Waals surface area contributed by atoms with Crippen LogP contribution in [-0.4, -0.2) is 6.04 Å². The molecule has 2 rings (SSSR count). The van der Waals surface area contributed by atoms with Crippen LogP contribution in [0.25, 0.3) is 0 Å². The summed E-state index contributed by atoms with van der Waals surface area (Å²) in [6.07, 6.45) is -0.902. The number of rotatable bonds is 2. The van der Waals surface area contributed by atoms with Gasteiger partial charge in [-0.25, -0.2) is 0 Å². The zero-order valence-corrected chi connectivity index (χ0v) is 11.3. The maximum Gasteiger partial charge on any atom is 0.416 e. The van der Waals surface area contributed by atoms with E-state index in [0.29, 0.717) is 17.5 Å². The molecule has 0 aromatic heterocycles. The van der Waals surface area contributed by atoms with E-state index in [9.17, 15) is 13.2 Å². The van der Waals surface area contributed by atoms with Crippen molar-refractivity contribution in [2.75, 3.05) is 5.32 Å². The van der Waals surface area contributed by atoms with Crippen molar-refractivity contribution in [1.82, 2.24) is 0 Å². The van der Waals surface area contributed by atoms with Crippen LogP contribution >= 0.6 is 0 Å². The van der Waals surface area contributed by atoms with E-state index in [2.05, 4.69) is 19.2 Å². The Morgan fingerprint density at radius 1 is 1.16 bits per heavy atom. The fraction of sp³-hybridized carbons (Fsp3) is 0.600. The molecule has 1 N–H and O–H groups in total. The number of benzene rings is 1. The molecule has 1 aliphatic carbocycles. The van der Waals surface area contributed by atoms with E-state index in [0.717, 1.165) is 18.9 Å². The molecule has 0 amide bonds. The number of nitrogens with one attached hydrogen (secondary N) is 1. The van der Waals surface area contributed by atoms with E-state index in [1.54, 1.807) is 6.07 Å². The van der Waals surface area contributed by atoms with Gasteiger partial charge in [-0.15, -0.1) is 0 Å². The smallest absolute Gasteiger partial charge is 0.382 e. The van der Waals surface area contributed by atoms with E-state index in [1.807, 2.05) is 0 Å². The maximum absolute atomic E-state index is 12.7. The Balaban J connectivity index is 2.10. The summed E-state index contributed by atoms with van der Waals surface area (Å²) in [4.78, 5) is 0. The van der Waals surface area contributed by atoms with Crippen molar-refractivity contribution in [3.63, 3.8) is 0 Å². The molecular formula is C15H20F3N. The summed E-state index contributed by atoms with van der Waals surface area (Å²) in [5.41, 5.74) is -0.0187. The normalized spacial score (nSPS) is 28.2. The molecule has 19 heavy (non-hydrogen) atoms. The predicted molar refractivity (Wildman–Crippen MR) is 71.0 cm³/mol. The molecule has 0 aliphatic heterocycles. The lowest BCUT2D eigenvalue weighted by Gasteiger charge is -2.34. The molecule has 1 nitrogen and oxygen atoms in total. The minimum absolute atomic E-state index is 0.271. The Morgan fingerprint density at radius 2 is 1.89 bits per heavy atom. The van der Waals surface area contributed by atoms with Crippen molar-refractivity contribution in [2.24, 2.45) is 11.8 Å². The van der Waals surface area contributed by atoms with E-state index >= 15 is 0 Å². The Morgan fingerprint density at radius 3 is 2.58 bits per heavy atom. The summed E-state index contributed by atoms with van der Waals surface area (Å²) in [6, 6.07) is 5.75. The molecule has 0 spiro atoms. The summed E-state index contributed by atoms with van der Waals surface area (Å²) in [7, 11) is 0. The van der Waals surface area contributed by atoms with Gasteiger partial charge in [-0.05, 0) is 42.9 Å². The first-order valence-electron chi connectivity index (χ1n) is 6.80. The lowest BCUT2D eigenvalue weighted by molar-refractivity contribution is -0.137. The Kier molecular flexibility index (Phi) is 4.07. The first-order chi connectivity index (χ1) is 8.86. The van der Waals surface area contributed by atoms with Gasteiger partial charge in [-0.1, -0.05) is 26.3 Å². The Bertz CT molecular complexity index is 428. The standard InChI is InChI=1S/C15H20F3N/c1-10-6-7-11(2)14(8-10)19-13-5-3-4-12(9-13)15(16,17)18/h3-5,9-11,14,19H,6-8H2,1-2H3. The van der Waals surface area contributed by atoms with Gasteiger partial charge >= 0.3 is 6.18 Å². The summed E-state index contributed by atoms with van der Waals surface area (Å²) in [6.45, 7) is 4.36. The first-order valence-corrected chi connectivity index (χ1v) is 6.80. The zero-order chi connectivity index (χ0) is 14.0. The molecule has 3 unspecified atom stereocenters. The lowest BCUT2D eigenvalue weighted by Crippen LogP contribution is -2.33. The molecule has 1 aliphatic rings. The van der Waals surface area contributed by atoms with Gasteiger partial charge in [0, 0.05) is 11.7 Å². The van der Waals surface area contributed by atoms with Crippen LogP contribution in [-0.2, 0) is 6.18 Å². The van der Waals surface area contributed by atoms with Crippen LogP contribution in [0.3, 0.4) is 0 Å². The molecule has 0 bridgehead atoms. The van der Waals surface area contributed by atoms with Crippen LogP contribution in [0.5, 0.6) is 0 Å². The Labute approximate surface area is 112 Å². The molecular weight excluding hydrogens is 251 g/mol. The highest BCUT2D eigenvalue weighted by atomic mass is 19.4. The van der Waals surface area contributed by atoms with Crippen molar-refractivity contribution in [3.8, 4) is 0 Å². The molecule has 0 saturated heterocycles. The van der Waals surface area contributed by atoms with Crippen LogP contribution in [0.1, 0.15) is 38.7 Å². The zero-order valence-electron chi connectivity index (χ0n) is 11.3. The lowest BCUT2D eigenvalue weighted by atomic mass is 9.80. The van der Waals surface area contributed by atoms with Gasteiger partial charge in [0.15, 0.2) is 0 Å². The van der Waals surface area contributed by atoms with E-state index in [4.69, 9.17) is 0 Å². The molecule has 1 saturated carbocycles. The van der Waals surface area contributed by atoms with Gasteiger partial charge in [0.2, 0.25) is 0 Å². The topological polar surface area (TPSA) is 12.0 Å². The summed E-state index contributed by atoms with van der Waals surface area (Å²) in [5.74, 6) is 1.14. The molecule has 1 aromatic carbocycles. The predicted octanol–water partition coefficient (Wildman–Crippen LogP) is 4.94. The van der Waals surface area contributed by atoms with Crippen LogP contribution in [0.2, 0.25) is 0 Å². The second-order valence-electron chi connectivity index (χ2n) is 5.72. The quantitative estimate of drug-likeness (QED) is 0.803. The van der Waals surface area contributed by atoms with Gasteiger partial charge in [0.25, 0.3) is 0 Å². The van der Waals surface area contributed by atoms with Crippen molar-refractivity contribution in [2.45, 2.75) is 45.3 Å². The second-order valence-corrected chi connectivity index (χ2v) is 5.72. The average Bonchev–Trinajstić information content (AvgIpc) is 2.33. The molecule has 106 valence electrons. The van der Waals surface area contributed by atoms with Gasteiger partial charge in [-0.3, -0.25) is 0 Å². The molecule has 0 radical (unpaired) electrons. The minimum atomic E-state index is -4.27. The highest BCUT2D eigenvalue weighted by molar-refractivity contribution is 5.47. The number of alkyl halides is 3. The number of halogens is 3. The highest BCUT2D eigenvalue weighted by Gasteiger charge is 2.31. The molecule has 1 fully saturated rings. The third kappa shape index (κ3) is 3.64. The number of anilines is 1. The summed E-state index contributed by atoms with van der Waals surface area (Å²) < 4.78 is 38.0. The minimum Gasteiger partial charge on any atom is -0.382 e. The van der Waals surface area contributed by atoms with Crippen LogP contribution in [0.15, 0.2) is 24.3 Å². The van der Waals surface area contributed by atoms with Crippen LogP contribution in [0.4, 0.5) is 18.9 Å². The van der Waals surface area contributed by atoms with Gasteiger partial charge in [0.1, 0.15) is 0 Å². The van der Waals surface area contributed by atoms with Crippen molar-refractivity contribution in [3.05, 3.63) is 29.8 Å². The summed E-state index contributed by atoms with van der Waals surface area (Å²) >= 11 is 0. The molecule has 1 aromatic rings. The molecule has 0 heterocycles. The van der Waals surface area contributed by atoms with Gasteiger partial charge in [0.05, 0.1) is 5.56 Å². The van der Waals surface area contributed by atoms with Crippen molar-refractivity contribution < 1.29 is 13.2 Å². The largest absolute Gasteiger partial charge is 0.416 e. The Hall–Kier alpha value is -1.19. The second kappa shape index (κ2) is 5.43. The molecule has 3 atom stereocenters. The van der Waals surface area contributed by atoms with Crippen molar-refractivity contribution >= 4 is 5.69 Å². The van der Waals surface area contributed by atoms with Gasteiger partial charge < -0.3 is 5.32 Å². The average molecular weight is 271 g/mol. The fourth-order valence-corrected chi connectivity index (χ4v) is 2.73. The third-order valence-electron chi connectivity index (χ3n) is 4.00. The van der Waals surface area contributed by atoms with Gasteiger partial charge in [-0.2, -0.15) is 13.2 Å². The number of hydrogen-bond donors (Lipinski definition) is 1. The fourth-order valence-electron chi connectivity index (χ4n) is 2.73. The SMILES string of the molecule is CC1CCC(C)C(Nc2cccc(C(F)(F)F)c2)C1.